The third-order valence-electron chi connectivity index (χ3n) is 2.43. The van der Waals surface area contributed by atoms with Gasteiger partial charge >= 0.3 is 0 Å². The van der Waals surface area contributed by atoms with Crippen LogP contribution in [0.5, 0.6) is 11.5 Å². The Bertz CT molecular complexity index is 419. The molecule has 92 valence electrons. The van der Waals surface area contributed by atoms with Crippen molar-refractivity contribution in [2.24, 2.45) is 0 Å². The highest BCUT2D eigenvalue weighted by Gasteiger charge is 2.16. The summed E-state index contributed by atoms with van der Waals surface area (Å²) in [5, 5.41) is 2.83. The van der Waals surface area contributed by atoms with Crippen LogP contribution in [0.1, 0.15) is 17.3 Å². The van der Waals surface area contributed by atoms with Crippen LogP contribution in [0.15, 0.2) is 18.2 Å². The number of hydrogen-bond donors (Lipinski definition) is 1. The Balaban J connectivity index is 2.04. The van der Waals surface area contributed by atoms with Crippen LogP contribution >= 0.6 is 0 Å². The molecule has 0 aliphatic carbocycles. The molecule has 0 saturated heterocycles. The van der Waals surface area contributed by atoms with E-state index in [0.717, 1.165) is 0 Å². The van der Waals surface area contributed by atoms with Gasteiger partial charge in [-0.3, -0.25) is 4.79 Å². The molecule has 1 atom stereocenters. The van der Waals surface area contributed by atoms with Crippen LogP contribution in [-0.2, 0) is 4.74 Å². The number of nitrogens with one attached hydrogen (secondary N) is 1. The molecule has 5 nitrogen and oxygen atoms in total. The Morgan fingerprint density at radius 1 is 1.47 bits per heavy atom. The summed E-state index contributed by atoms with van der Waals surface area (Å²) in [7, 11) is 1.60. The molecule has 1 amide bonds. The minimum Gasteiger partial charge on any atom is -0.454 e. The first-order valence-corrected chi connectivity index (χ1v) is 5.40. The average molecular weight is 237 g/mol. The zero-order valence-electron chi connectivity index (χ0n) is 9.86. The normalized spacial score (nSPS) is 14.5. The van der Waals surface area contributed by atoms with Crippen molar-refractivity contribution in [1.82, 2.24) is 5.32 Å². The summed E-state index contributed by atoms with van der Waals surface area (Å²) >= 11 is 0. The molecule has 1 aromatic rings. The first-order valence-electron chi connectivity index (χ1n) is 5.40. The predicted molar refractivity (Wildman–Crippen MR) is 61.4 cm³/mol. The Morgan fingerprint density at radius 2 is 2.24 bits per heavy atom. The second kappa shape index (κ2) is 5.05. The van der Waals surface area contributed by atoms with Crippen molar-refractivity contribution in [3.05, 3.63) is 23.8 Å². The lowest BCUT2D eigenvalue weighted by Gasteiger charge is -2.12. The number of benzene rings is 1. The van der Waals surface area contributed by atoms with Gasteiger partial charge in [0.1, 0.15) is 0 Å². The van der Waals surface area contributed by atoms with Crippen molar-refractivity contribution in [2.45, 2.75) is 13.0 Å². The predicted octanol–water partition coefficient (Wildman–Crippen LogP) is 1.18. The van der Waals surface area contributed by atoms with E-state index in [4.69, 9.17) is 14.2 Å². The van der Waals surface area contributed by atoms with Crippen molar-refractivity contribution < 1.29 is 19.0 Å². The zero-order valence-corrected chi connectivity index (χ0v) is 9.86. The lowest BCUT2D eigenvalue weighted by Crippen LogP contribution is -2.35. The molecule has 1 aliphatic heterocycles. The molecule has 0 radical (unpaired) electrons. The Morgan fingerprint density at radius 3 is 3.00 bits per heavy atom. The maximum Gasteiger partial charge on any atom is 0.251 e. The first-order chi connectivity index (χ1) is 8.20. The largest absolute Gasteiger partial charge is 0.454 e. The van der Waals surface area contributed by atoms with Crippen molar-refractivity contribution in [3.63, 3.8) is 0 Å². The molecule has 1 N–H and O–H groups in total. The number of methoxy groups -OCH3 is 1. The Kier molecular flexibility index (Phi) is 3.49. The minimum atomic E-state index is -0.146. The highest BCUT2D eigenvalue weighted by Crippen LogP contribution is 2.32. The number of carbonyl (C=O) groups excluding carboxylic acids is 1. The van der Waals surface area contributed by atoms with E-state index in [-0.39, 0.29) is 18.7 Å². The Hall–Kier alpha value is -1.75. The number of hydrogen-bond acceptors (Lipinski definition) is 4. The summed E-state index contributed by atoms with van der Waals surface area (Å²) in [6, 6.07) is 5.09. The quantitative estimate of drug-likeness (QED) is 0.854. The summed E-state index contributed by atoms with van der Waals surface area (Å²) < 4.78 is 15.3. The van der Waals surface area contributed by atoms with Gasteiger partial charge in [0.15, 0.2) is 11.5 Å². The van der Waals surface area contributed by atoms with E-state index in [9.17, 15) is 4.79 Å². The van der Waals surface area contributed by atoms with Gasteiger partial charge in [-0.2, -0.15) is 0 Å². The molecule has 1 heterocycles. The van der Waals surface area contributed by atoms with E-state index >= 15 is 0 Å². The standard InChI is InChI=1S/C12H15NO4/c1-8(6-15-2)13-12(14)9-3-4-10-11(5-9)17-7-16-10/h3-5,8H,6-7H2,1-2H3,(H,13,14)/t8-/m1/s1. The summed E-state index contributed by atoms with van der Waals surface area (Å²) in [6.45, 7) is 2.57. The minimum absolute atomic E-state index is 0.0297. The van der Waals surface area contributed by atoms with E-state index in [0.29, 0.717) is 23.7 Å². The van der Waals surface area contributed by atoms with E-state index in [2.05, 4.69) is 5.32 Å². The highest BCUT2D eigenvalue weighted by molar-refractivity contribution is 5.95. The van der Waals surface area contributed by atoms with Crippen LogP contribution in [0.25, 0.3) is 0 Å². The molecule has 2 rings (SSSR count). The fourth-order valence-corrected chi connectivity index (χ4v) is 1.64. The second-order valence-electron chi connectivity index (χ2n) is 3.90. The Labute approximate surface area is 99.7 Å². The molecular weight excluding hydrogens is 222 g/mol. The number of fused-ring (bicyclic) bond motifs is 1. The lowest BCUT2D eigenvalue weighted by molar-refractivity contribution is 0.0905. The summed E-state index contributed by atoms with van der Waals surface area (Å²) in [5.41, 5.74) is 0.553. The van der Waals surface area contributed by atoms with Gasteiger partial charge in [0, 0.05) is 18.7 Å². The fraction of sp³-hybridized carbons (Fsp3) is 0.417. The molecular formula is C12H15NO4. The maximum atomic E-state index is 11.9. The molecule has 0 spiro atoms. The van der Waals surface area contributed by atoms with Crippen LogP contribution in [0.4, 0.5) is 0 Å². The monoisotopic (exact) mass is 237 g/mol. The van der Waals surface area contributed by atoms with Crippen molar-refractivity contribution in [1.29, 1.82) is 0 Å². The van der Waals surface area contributed by atoms with Crippen molar-refractivity contribution >= 4 is 5.91 Å². The number of ether oxygens (including phenoxy) is 3. The molecule has 0 fully saturated rings. The summed E-state index contributed by atoms with van der Waals surface area (Å²) in [4.78, 5) is 11.9. The van der Waals surface area contributed by atoms with Gasteiger partial charge in [0.25, 0.3) is 5.91 Å². The second-order valence-corrected chi connectivity index (χ2v) is 3.90. The third kappa shape index (κ3) is 2.68. The smallest absolute Gasteiger partial charge is 0.251 e. The van der Waals surface area contributed by atoms with Gasteiger partial charge in [-0.1, -0.05) is 0 Å². The number of amides is 1. The zero-order chi connectivity index (χ0) is 12.3. The fourth-order valence-electron chi connectivity index (χ4n) is 1.64. The van der Waals surface area contributed by atoms with Gasteiger partial charge in [-0.05, 0) is 25.1 Å². The van der Waals surface area contributed by atoms with Crippen molar-refractivity contribution in [3.8, 4) is 11.5 Å². The lowest BCUT2D eigenvalue weighted by atomic mass is 10.2. The first kappa shape index (κ1) is 11.7. The SMILES string of the molecule is COC[C@@H](C)NC(=O)c1ccc2c(c1)OCO2. The molecule has 1 aromatic carbocycles. The molecule has 0 aromatic heterocycles. The van der Waals surface area contributed by atoms with Gasteiger partial charge in [0.2, 0.25) is 6.79 Å². The highest BCUT2D eigenvalue weighted by atomic mass is 16.7. The van der Waals surface area contributed by atoms with E-state index in [1.165, 1.54) is 0 Å². The molecule has 0 unspecified atom stereocenters. The van der Waals surface area contributed by atoms with Gasteiger partial charge < -0.3 is 19.5 Å². The maximum absolute atomic E-state index is 11.9. The van der Waals surface area contributed by atoms with Crippen molar-refractivity contribution in [2.75, 3.05) is 20.5 Å². The van der Waals surface area contributed by atoms with Crippen LogP contribution in [-0.4, -0.2) is 32.5 Å². The van der Waals surface area contributed by atoms with E-state index in [1.807, 2.05) is 6.92 Å². The van der Waals surface area contributed by atoms with Crippen LogP contribution in [0, 0.1) is 0 Å². The topological polar surface area (TPSA) is 56.8 Å². The summed E-state index contributed by atoms with van der Waals surface area (Å²) in [6.07, 6.45) is 0. The van der Waals surface area contributed by atoms with Crippen LogP contribution in [0.2, 0.25) is 0 Å². The molecule has 17 heavy (non-hydrogen) atoms. The van der Waals surface area contributed by atoms with E-state index < -0.39 is 0 Å². The molecule has 5 heteroatoms. The number of rotatable bonds is 4. The third-order valence-corrected chi connectivity index (χ3v) is 2.43. The molecule has 0 saturated carbocycles. The molecule has 1 aliphatic rings. The van der Waals surface area contributed by atoms with Gasteiger partial charge in [-0.25, -0.2) is 0 Å². The van der Waals surface area contributed by atoms with E-state index in [1.54, 1.807) is 25.3 Å². The van der Waals surface area contributed by atoms with Crippen LogP contribution < -0.4 is 14.8 Å². The summed E-state index contributed by atoms with van der Waals surface area (Å²) in [5.74, 6) is 1.14. The van der Waals surface area contributed by atoms with Gasteiger partial charge in [0.05, 0.1) is 6.61 Å². The van der Waals surface area contributed by atoms with Crippen LogP contribution in [0.3, 0.4) is 0 Å². The van der Waals surface area contributed by atoms with Gasteiger partial charge in [-0.15, -0.1) is 0 Å². The molecule has 0 bridgehead atoms. The number of carbonyl (C=O) groups is 1. The average Bonchev–Trinajstić information content (AvgIpc) is 2.75.